The summed E-state index contributed by atoms with van der Waals surface area (Å²) in [7, 11) is 1.60. The van der Waals surface area contributed by atoms with Crippen LogP contribution in [0, 0.1) is 0 Å². The zero-order valence-corrected chi connectivity index (χ0v) is 12.9. The molecule has 1 saturated carbocycles. The Kier molecular flexibility index (Phi) is 5.44. The lowest BCUT2D eigenvalue weighted by molar-refractivity contribution is -0.123. The van der Waals surface area contributed by atoms with Gasteiger partial charge in [-0.15, -0.1) is 0 Å². The summed E-state index contributed by atoms with van der Waals surface area (Å²) in [6.07, 6.45) is 2.15. The number of methoxy groups -OCH3 is 1. The highest BCUT2D eigenvalue weighted by Crippen LogP contribution is 2.28. The minimum atomic E-state index is -0.0785. The molecular formula is C16H24N2O3. The van der Waals surface area contributed by atoms with Gasteiger partial charge in [0.1, 0.15) is 0 Å². The zero-order chi connectivity index (χ0) is 15.2. The van der Waals surface area contributed by atoms with E-state index >= 15 is 0 Å². The van der Waals surface area contributed by atoms with Gasteiger partial charge in [0.2, 0.25) is 0 Å². The summed E-state index contributed by atoms with van der Waals surface area (Å²) in [5, 5.41) is 6.25. The zero-order valence-electron chi connectivity index (χ0n) is 12.9. The van der Waals surface area contributed by atoms with Crippen LogP contribution in [0.25, 0.3) is 0 Å². The molecule has 0 atom stereocenters. The molecule has 1 amide bonds. The van der Waals surface area contributed by atoms with E-state index in [2.05, 4.69) is 24.5 Å². The molecule has 0 bridgehead atoms. The minimum Gasteiger partial charge on any atom is -0.493 e. The molecule has 1 aliphatic carbocycles. The van der Waals surface area contributed by atoms with Crippen molar-refractivity contribution in [1.29, 1.82) is 0 Å². The van der Waals surface area contributed by atoms with E-state index < -0.39 is 0 Å². The predicted molar refractivity (Wildman–Crippen MR) is 81.6 cm³/mol. The van der Waals surface area contributed by atoms with Crippen LogP contribution in [0.1, 0.15) is 32.3 Å². The molecule has 21 heavy (non-hydrogen) atoms. The quantitative estimate of drug-likeness (QED) is 0.768. The first-order chi connectivity index (χ1) is 10.1. The SMILES string of the molecule is COc1ccc(CNC(C)C)cc1OCC(=O)NC1CC1. The molecule has 0 unspecified atom stereocenters. The van der Waals surface area contributed by atoms with Gasteiger partial charge < -0.3 is 20.1 Å². The van der Waals surface area contributed by atoms with Crippen molar-refractivity contribution >= 4 is 5.91 Å². The standard InChI is InChI=1S/C16H24N2O3/c1-11(2)17-9-12-4-7-14(20-3)15(8-12)21-10-16(19)18-13-5-6-13/h4,7-8,11,13,17H,5-6,9-10H2,1-3H3,(H,18,19). The summed E-state index contributed by atoms with van der Waals surface area (Å²) >= 11 is 0. The highest BCUT2D eigenvalue weighted by molar-refractivity contribution is 5.78. The molecule has 0 spiro atoms. The van der Waals surface area contributed by atoms with Gasteiger partial charge in [-0.05, 0) is 30.5 Å². The van der Waals surface area contributed by atoms with Crippen LogP contribution in [0.2, 0.25) is 0 Å². The normalized spacial score (nSPS) is 14.1. The van der Waals surface area contributed by atoms with Gasteiger partial charge in [0, 0.05) is 18.6 Å². The van der Waals surface area contributed by atoms with Gasteiger partial charge in [0.05, 0.1) is 7.11 Å². The van der Waals surface area contributed by atoms with E-state index in [0.29, 0.717) is 23.6 Å². The molecule has 0 heterocycles. The molecule has 0 saturated heterocycles. The molecule has 0 radical (unpaired) electrons. The third kappa shape index (κ3) is 5.27. The summed E-state index contributed by atoms with van der Waals surface area (Å²) in [6.45, 7) is 4.98. The Balaban J connectivity index is 1.94. The second kappa shape index (κ2) is 7.31. The van der Waals surface area contributed by atoms with Crippen molar-refractivity contribution in [2.45, 2.75) is 45.3 Å². The molecule has 5 nitrogen and oxygen atoms in total. The third-order valence-electron chi connectivity index (χ3n) is 3.24. The Morgan fingerprint density at radius 2 is 2.10 bits per heavy atom. The molecule has 1 fully saturated rings. The van der Waals surface area contributed by atoms with Crippen molar-refractivity contribution in [3.05, 3.63) is 23.8 Å². The van der Waals surface area contributed by atoms with Gasteiger partial charge in [-0.1, -0.05) is 19.9 Å². The second-order valence-electron chi connectivity index (χ2n) is 5.65. The summed E-state index contributed by atoms with van der Waals surface area (Å²) in [4.78, 5) is 11.7. The summed E-state index contributed by atoms with van der Waals surface area (Å²) in [5.74, 6) is 1.17. The maximum absolute atomic E-state index is 11.7. The minimum absolute atomic E-state index is 0.0217. The fourth-order valence-electron chi connectivity index (χ4n) is 1.91. The number of hydrogen-bond donors (Lipinski definition) is 2. The van der Waals surface area contributed by atoms with Crippen molar-refractivity contribution in [2.75, 3.05) is 13.7 Å². The van der Waals surface area contributed by atoms with Crippen LogP contribution in [0.3, 0.4) is 0 Å². The van der Waals surface area contributed by atoms with Crippen LogP contribution in [0.15, 0.2) is 18.2 Å². The van der Waals surface area contributed by atoms with Gasteiger partial charge >= 0.3 is 0 Å². The van der Waals surface area contributed by atoms with Crippen molar-refractivity contribution in [2.24, 2.45) is 0 Å². The van der Waals surface area contributed by atoms with Gasteiger partial charge in [0.15, 0.2) is 18.1 Å². The van der Waals surface area contributed by atoms with Gasteiger partial charge in [0.25, 0.3) is 5.91 Å². The number of ether oxygens (including phenoxy) is 2. The molecule has 1 aromatic carbocycles. The average molecular weight is 292 g/mol. The fraction of sp³-hybridized carbons (Fsp3) is 0.562. The van der Waals surface area contributed by atoms with Crippen molar-refractivity contribution in [3.63, 3.8) is 0 Å². The molecule has 0 aliphatic heterocycles. The summed E-state index contributed by atoms with van der Waals surface area (Å²) < 4.78 is 10.9. The van der Waals surface area contributed by atoms with Crippen molar-refractivity contribution in [3.8, 4) is 11.5 Å². The molecule has 0 aromatic heterocycles. The Bertz CT molecular complexity index is 484. The van der Waals surface area contributed by atoms with Crippen LogP contribution in [-0.4, -0.2) is 31.7 Å². The third-order valence-corrected chi connectivity index (χ3v) is 3.24. The predicted octanol–water partition coefficient (Wildman–Crippen LogP) is 1.85. The monoisotopic (exact) mass is 292 g/mol. The Labute approximate surface area is 126 Å². The lowest BCUT2D eigenvalue weighted by atomic mass is 10.2. The number of nitrogens with one attached hydrogen (secondary N) is 2. The first-order valence-corrected chi connectivity index (χ1v) is 7.41. The van der Waals surface area contributed by atoms with Crippen molar-refractivity contribution < 1.29 is 14.3 Å². The molecule has 1 aliphatic rings. The molecule has 2 N–H and O–H groups in total. The summed E-state index contributed by atoms with van der Waals surface area (Å²) in [5.41, 5.74) is 1.10. The Morgan fingerprint density at radius 1 is 1.33 bits per heavy atom. The largest absolute Gasteiger partial charge is 0.493 e. The number of carbonyl (C=O) groups is 1. The molecule has 1 aromatic rings. The van der Waals surface area contributed by atoms with E-state index in [-0.39, 0.29) is 12.5 Å². The van der Waals surface area contributed by atoms with Gasteiger partial charge in [-0.3, -0.25) is 4.79 Å². The van der Waals surface area contributed by atoms with E-state index in [4.69, 9.17) is 9.47 Å². The summed E-state index contributed by atoms with van der Waals surface area (Å²) in [6, 6.07) is 6.54. The lowest BCUT2D eigenvalue weighted by Gasteiger charge is -2.13. The van der Waals surface area contributed by atoms with Crippen molar-refractivity contribution in [1.82, 2.24) is 10.6 Å². The smallest absolute Gasteiger partial charge is 0.258 e. The average Bonchev–Trinajstić information content (AvgIpc) is 3.26. The van der Waals surface area contributed by atoms with E-state index in [0.717, 1.165) is 24.9 Å². The molecular weight excluding hydrogens is 268 g/mol. The number of rotatable bonds is 8. The fourth-order valence-corrected chi connectivity index (χ4v) is 1.91. The first kappa shape index (κ1) is 15.6. The second-order valence-corrected chi connectivity index (χ2v) is 5.65. The number of carbonyl (C=O) groups excluding carboxylic acids is 1. The highest BCUT2D eigenvalue weighted by atomic mass is 16.5. The van der Waals surface area contributed by atoms with E-state index in [9.17, 15) is 4.79 Å². The number of benzene rings is 1. The van der Waals surface area contributed by atoms with Crippen LogP contribution in [-0.2, 0) is 11.3 Å². The highest BCUT2D eigenvalue weighted by Gasteiger charge is 2.23. The Hall–Kier alpha value is -1.75. The first-order valence-electron chi connectivity index (χ1n) is 7.41. The maximum atomic E-state index is 11.7. The van der Waals surface area contributed by atoms with Crippen LogP contribution in [0.5, 0.6) is 11.5 Å². The lowest BCUT2D eigenvalue weighted by Crippen LogP contribution is -2.30. The van der Waals surface area contributed by atoms with E-state index in [1.807, 2.05) is 18.2 Å². The van der Waals surface area contributed by atoms with Crippen LogP contribution in [0.4, 0.5) is 0 Å². The Morgan fingerprint density at radius 3 is 2.71 bits per heavy atom. The van der Waals surface area contributed by atoms with Gasteiger partial charge in [-0.25, -0.2) is 0 Å². The topological polar surface area (TPSA) is 59.6 Å². The molecule has 116 valence electrons. The molecule has 5 heteroatoms. The number of hydrogen-bond acceptors (Lipinski definition) is 4. The van der Waals surface area contributed by atoms with E-state index in [1.165, 1.54) is 0 Å². The maximum Gasteiger partial charge on any atom is 0.258 e. The molecule has 2 rings (SSSR count). The van der Waals surface area contributed by atoms with E-state index in [1.54, 1.807) is 7.11 Å². The van der Waals surface area contributed by atoms with Crippen LogP contribution < -0.4 is 20.1 Å². The number of amides is 1. The van der Waals surface area contributed by atoms with Crippen LogP contribution >= 0.6 is 0 Å². The van der Waals surface area contributed by atoms with Gasteiger partial charge in [-0.2, -0.15) is 0 Å².